The topological polar surface area (TPSA) is 119 Å². The first-order chi connectivity index (χ1) is 27.2. The number of pyridine rings is 3. The second-order valence-electron chi connectivity index (χ2n) is 17.9. The molecule has 0 radical (unpaired) electrons. The van der Waals surface area contributed by atoms with Crippen molar-refractivity contribution < 1.29 is 13.9 Å². The molecule has 2 fully saturated rings. The van der Waals surface area contributed by atoms with E-state index in [1.165, 1.54) is 0 Å². The molecule has 11 heteroatoms. The number of anilines is 2. The Morgan fingerprint density at radius 2 is 1.67 bits per heavy atom. The van der Waals surface area contributed by atoms with Gasteiger partial charge in [-0.25, -0.2) is 9.97 Å². The zero-order valence-corrected chi connectivity index (χ0v) is 35.4. The van der Waals surface area contributed by atoms with Gasteiger partial charge in [0.2, 0.25) is 5.89 Å². The Bertz CT molecular complexity index is 2480. The molecule has 298 valence electrons. The van der Waals surface area contributed by atoms with Crippen molar-refractivity contribution in [1.29, 1.82) is 0 Å². The van der Waals surface area contributed by atoms with Crippen LogP contribution in [-0.2, 0) is 17.5 Å². The summed E-state index contributed by atoms with van der Waals surface area (Å²) in [6, 6.07) is 18.4. The highest BCUT2D eigenvalue weighted by molar-refractivity contribution is 6.74. The van der Waals surface area contributed by atoms with Crippen molar-refractivity contribution in [3.05, 3.63) is 100 Å². The molecule has 1 aliphatic heterocycles. The predicted molar refractivity (Wildman–Crippen MR) is 231 cm³/mol. The molecule has 0 spiro atoms. The predicted octanol–water partition coefficient (Wildman–Crippen LogP) is 9.77. The standard InChI is InChI=1S/C46H56N6O4Si/c1-29-36(37-11-9-13-39(30(37)2)49-43-41-33(18-21-47-43)24-32(25-48-41)26-51-22-19-34(53)28-51)10-8-12-38(29)44-50-42-40(55-44)20-23-52(45(42)54)27-31-14-16-35(17-15-31)56-57(6,7)46(3,4)5/h8-13,18,20-21,23-25,31,34-35,53H,14-17,19,22,26-28H2,1-7H3,(H,47,49)/t31?,34-,35?/m1/s1. The number of aliphatic hydroxyl groups excluding tert-OH is 1. The van der Waals surface area contributed by atoms with E-state index in [1.807, 2.05) is 53.5 Å². The van der Waals surface area contributed by atoms with E-state index < -0.39 is 8.32 Å². The van der Waals surface area contributed by atoms with E-state index in [-0.39, 0.29) is 16.7 Å². The number of oxazole rings is 1. The molecular formula is C46H56N6O4Si. The summed E-state index contributed by atoms with van der Waals surface area (Å²) in [5.41, 5.74) is 8.70. The average Bonchev–Trinajstić information content (AvgIpc) is 3.80. The average molecular weight is 785 g/mol. The quantitative estimate of drug-likeness (QED) is 0.131. The molecule has 10 nitrogen and oxygen atoms in total. The normalized spacial score (nSPS) is 19.5. The van der Waals surface area contributed by atoms with E-state index in [9.17, 15) is 9.90 Å². The molecule has 1 saturated heterocycles. The maximum atomic E-state index is 13.8. The Balaban J connectivity index is 0.995. The summed E-state index contributed by atoms with van der Waals surface area (Å²) in [6.45, 7) is 18.8. The van der Waals surface area contributed by atoms with Crippen LogP contribution in [0.3, 0.4) is 0 Å². The molecule has 4 aromatic heterocycles. The second-order valence-corrected chi connectivity index (χ2v) is 22.6. The minimum atomic E-state index is -1.80. The van der Waals surface area contributed by atoms with Gasteiger partial charge in [0, 0.05) is 67.5 Å². The lowest BCUT2D eigenvalue weighted by atomic mass is 9.87. The molecule has 5 heterocycles. The molecule has 2 aromatic carbocycles. The van der Waals surface area contributed by atoms with Gasteiger partial charge in [-0.15, -0.1) is 0 Å². The second kappa shape index (κ2) is 15.6. The van der Waals surface area contributed by atoms with Gasteiger partial charge >= 0.3 is 0 Å². The summed E-state index contributed by atoms with van der Waals surface area (Å²) in [7, 11) is -1.80. The number of hydrogen-bond donors (Lipinski definition) is 2. The highest BCUT2D eigenvalue weighted by atomic mass is 28.4. The third kappa shape index (κ3) is 8.08. The number of nitrogens with zero attached hydrogens (tertiary/aromatic N) is 5. The third-order valence-corrected chi connectivity index (χ3v) is 17.3. The molecule has 2 aliphatic rings. The molecular weight excluding hydrogens is 729 g/mol. The summed E-state index contributed by atoms with van der Waals surface area (Å²) in [4.78, 5) is 30.4. The summed E-state index contributed by atoms with van der Waals surface area (Å²) >= 11 is 0. The fourth-order valence-corrected chi connectivity index (χ4v) is 9.79. The number of likely N-dealkylation sites (tertiary alicyclic amines) is 1. The zero-order chi connectivity index (χ0) is 40.1. The molecule has 8 rings (SSSR count). The molecule has 2 N–H and O–H groups in total. The number of β-amino-alcohol motifs (C(OH)–C–C–N with tert-alkyl or cyclic N) is 1. The number of aromatic nitrogens is 4. The largest absolute Gasteiger partial charge is 0.436 e. The van der Waals surface area contributed by atoms with E-state index in [2.05, 4.69) is 87.2 Å². The Hall–Kier alpha value is -4.68. The van der Waals surface area contributed by atoms with Crippen LogP contribution in [-0.4, -0.2) is 63.1 Å². The van der Waals surface area contributed by atoms with Crippen LogP contribution >= 0.6 is 0 Å². The van der Waals surface area contributed by atoms with Gasteiger partial charge in [-0.05, 0) is 128 Å². The molecule has 1 saturated carbocycles. The summed E-state index contributed by atoms with van der Waals surface area (Å²) in [5, 5.41) is 14.7. The van der Waals surface area contributed by atoms with Crippen LogP contribution in [0.5, 0.6) is 0 Å². The Kier molecular flexibility index (Phi) is 10.7. The van der Waals surface area contributed by atoms with Crippen molar-refractivity contribution in [2.45, 2.75) is 110 Å². The van der Waals surface area contributed by atoms with Crippen molar-refractivity contribution in [3.8, 4) is 22.6 Å². The maximum Gasteiger partial charge on any atom is 0.280 e. The maximum absolute atomic E-state index is 13.8. The molecule has 1 atom stereocenters. The van der Waals surface area contributed by atoms with Gasteiger partial charge in [-0.1, -0.05) is 45.0 Å². The lowest BCUT2D eigenvalue weighted by Crippen LogP contribution is -2.44. The van der Waals surface area contributed by atoms with E-state index in [1.54, 1.807) is 0 Å². The van der Waals surface area contributed by atoms with Crippen LogP contribution in [0.2, 0.25) is 18.1 Å². The fraction of sp³-hybridized carbons (Fsp3) is 0.435. The number of aliphatic hydroxyl groups is 1. The van der Waals surface area contributed by atoms with Crippen LogP contribution in [0.4, 0.5) is 11.5 Å². The lowest BCUT2D eigenvalue weighted by Gasteiger charge is -2.41. The monoisotopic (exact) mass is 784 g/mol. The van der Waals surface area contributed by atoms with Crippen LogP contribution in [0.15, 0.2) is 82.4 Å². The van der Waals surface area contributed by atoms with E-state index >= 15 is 0 Å². The van der Waals surface area contributed by atoms with Gasteiger partial charge in [0.05, 0.1) is 6.10 Å². The lowest BCUT2D eigenvalue weighted by molar-refractivity contribution is 0.111. The van der Waals surface area contributed by atoms with Crippen LogP contribution < -0.4 is 10.9 Å². The van der Waals surface area contributed by atoms with Crippen molar-refractivity contribution in [3.63, 3.8) is 0 Å². The van der Waals surface area contributed by atoms with Gasteiger partial charge in [0.15, 0.2) is 25.2 Å². The van der Waals surface area contributed by atoms with Gasteiger partial charge in [-0.2, -0.15) is 0 Å². The van der Waals surface area contributed by atoms with Crippen molar-refractivity contribution in [1.82, 2.24) is 24.4 Å². The molecule has 0 amide bonds. The van der Waals surface area contributed by atoms with Crippen LogP contribution in [0.25, 0.3) is 44.6 Å². The first kappa shape index (κ1) is 39.2. The molecule has 1 aliphatic carbocycles. The number of hydrogen-bond acceptors (Lipinski definition) is 9. The fourth-order valence-electron chi connectivity index (χ4n) is 8.37. The number of benzene rings is 2. The Morgan fingerprint density at radius 3 is 2.40 bits per heavy atom. The minimum Gasteiger partial charge on any atom is -0.436 e. The number of rotatable bonds is 10. The summed E-state index contributed by atoms with van der Waals surface area (Å²) in [6.07, 6.45) is 10.7. The number of nitrogens with one attached hydrogen (secondary N) is 1. The third-order valence-electron chi connectivity index (χ3n) is 12.8. The van der Waals surface area contributed by atoms with Crippen molar-refractivity contribution in [2.75, 3.05) is 18.4 Å². The van der Waals surface area contributed by atoms with Crippen LogP contribution in [0, 0.1) is 19.8 Å². The molecule has 6 aromatic rings. The Labute approximate surface area is 336 Å². The van der Waals surface area contributed by atoms with Crippen molar-refractivity contribution in [2.24, 2.45) is 5.92 Å². The first-order valence-corrected chi connectivity index (χ1v) is 23.4. The number of fused-ring (bicyclic) bond motifs is 2. The van der Waals surface area contributed by atoms with Gasteiger partial charge in [0.25, 0.3) is 5.56 Å². The van der Waals surface area contributed by atoms with Gasteiger partial charge in [-0.3, -0.25) is 14.7 Å². The van der Waals surface area contributed by atoms with E-state index in [0.29, 0.717) is 47.9 Å². The van der Waals surface area contributed by atoms with Gasteiger partial charge in [0.1, 0.15) is 5.52 Å². The first-order valence-electron chi connectivity index (χ1n) is 20.5. The molecule has 0 unspecified atom stereocenters. The van der Waals surface area contributed by atoms with Crippen molar-refractivity contribution >= 4 is 41.8 Å². The van der Waals surface area contributed by atoms with E-state index in [4.69, 9.17) is 18.8 Å². The molecule has 0 bridgehead atoms. The summed E-state index contributed by atoms with van der Waals surface area (Å²) < 4.78 is 14.8. The zero-order valence-electron chi connectivity index (χ0n) is 34.4. The SMILES string of the molecule is Cc1c(Nc2nccc3cc(CN4CC[C@@H](O)C4)cnc23)cccc1-c1cccc(-c2nc3c(=O)n(CC4CCC(O[Si](C)(C)C(C)(C)C)CC4)ccc3o2)c1C. The highest BCUT2D eigenvalue weighted by Gasteiger charge is 2.40. The van der Waals surface area contributed by atoms with Crippen LogP contribution in [0.1, 0.15) is 69.6 Å². The highest BCUT2D eigenvalue weighted by Crippen LogP contribution is 2.40. The Morgan fingerprint density at radius 1 is 0.930 bits per heavy atom. The van der Waals surface area contributed by atoms with E-state index in [0.717, 1.165) is 95.2 Å². The minimum absolute atomic E-state index is 0.107. The van der Waals surface area contributed by atoms with Gasteiger partial charge < -0.3 is 23.8 Å². The smallest absolute Gasteiger partial charge is 0.280 e. The molecule has 57 heavy (non-hydrogen) atoms. The summed E-state index contributed by atoms with van der Waals surface area (Å²) in [5.74, 6) is 1.57.